The number of rotatable bonds is 8. The first-order valence-corrected chi connectivity index (χ1v) is 8.09. The highest BCUT2D eigenvalue weighted by atomic mass is 32.1. The average molecular weight is 313 g/mol. The zero-order chi connectivity index (χ0) is 15.8. The fourth-order valence-electron chi connectivity index (χ4n) is 1.81. The number of urea groups is 1. The van der Waals surface area contributed by atoms with Gasteiger partial charge in [0.05, 0.1) is 6.54 Å². The lowest BCUT2D eigenvalue weighted by molar-refractivity contribution is 0.0691. The number of aromatic carboxylic acids is 1. The summed E-state index contributed by atoms with van der Waals surface area (Å²) >= 11 is 1.24. The van der Waals surface area contributed by atoms with Crippen LogP contribution in [0.3, 0.4) is 0 Å². The highest BCUT2D eigenvalue weighted by molar-refractivity contribution is 7.09. The smallest absolute Gasteiger partial charge is 0.355 e. The third kappa shape index (κ3) is 5.34. The van der Waals surface area contributed by atoms with Crippen LogP contribution in [0.4, 0.5) is 4.79 Å². The predicted molar refractivity (Wildman–Crippen MR) is 82.7 cm³/mol. The molecule has 0 radical (unpaired) electrons. The largest absolute Gasteiger partial charge is 0.476 e. The standard InChI is InChI=1S/C14H23N3O3S/c1-4-6-7-17(10(3)5-2)14(20)15-8-12-16-11(9-21-12)13(18)19/h9-10H,4-8H2,1-3H3,(H,15,20)(H,18,19). The van der Waals surface area contributed by atoms with Crippen molar-refractivity contribution in [2.45, 2.75) is 52.6 Å². The number of amides is 2. The van der Waals surface area contributed by atoms with E-state index in [4.69, 9.17) is 5.11 Å². The lowest BCUT2D eigenvalue weighted by Gasteiger charge is -2.28. The number of hydrogen-bond acceptors (Lipinski definition) is 4. The van der Waals surface area contributed by atoms with Crippen LogP contribution >= 0.6 is 11.3 Å². The first-order chi connectivity index (χ1) is 9.99. The molecule has 0 bridgehead atoms. The summed E-state index contributed by atoms with van der Waals surface area (Å²) < 4.78 is 0. The molecule has 0 aliphatic rings. The summed E-state index contributed by atoms with van der Waals surface area (Å²) in [6.07, 6.45) is 2.91. The maximum atomic E-state index is 12.2. The lowest BCUT2D eigenvalue weighted by Crippen LogP contribution is -2.45. The molecule has 6 nitrogen and oxygen atoms in total. The fourth-order valence-corrected chi connectivity index (χ4v) is 2.52. The van der Waals surface area contributed by atoms with E-state index in [0.717, 1.165) is 25.8 Å². The third-order valence-electron chi connectivity index (χ3n) is 3.30. The van der Waals surface area contributed by atoms with Crippen molar-refractivity contribution in [3.8, 4) is 0 Å². The summed E-state index contributed by atoms with van der Waals surface area (Å²) in [6.45, 7) is 7.17. The number of nitrogens with zero attached hydrogens (tertiary/aromatic N) is 2. The van der Waals surface area contributed by atoms with Gasteiger partial charge in [0.1, 0.15) is 5.01 Å². The van der Waals surface area contributed by atoms with Gasteiger partial charge in [-0.2, -0.15) is 0 Å². The van der Waals surface area contributed by atoms with E-state index in [9.17, 15) is 9.59 Å². The van der Waals surface area contributed by atoms with E-state index in [1.165, 1.54) is 16.7 Å². The van der Waals surface area contributed by atoms with E-state index in [-0.39, 0.29) is 24.3 Å². The summed E-state index contributed by atoms with van der Waals surface area (Å²) in [5.41, 5.74) is 0.0222. The van der Waals surface area contributed by atoms with Gasteiger partial charge in [-0.1, -0.05) is 20.3 Å². The number of carboxylic acids is 1. The normalized spacial score (nSPS) is 12.0. The molecule has 1 unspecified atom stereocenters. The maximum absolute atomic E-state index is 12.2. The summed E-state index contributed by atoms with van der Waals surface area (Å²) in [6, 6.07) is 0.0623. The third-order valence-corrected chi connectivity index (χ3v) is 4.15. The second-order valence-corrected chi connectivity index (χ2v) is 5.84. The van der Waals surface area contributed by atoms with E-state index in [1.807, 2.05) is 11.8 Å². The van der Waals surface area contributed by atoms with Crippen molar-refractivity contribution in [3.63, 3.8) is 0 Å². The number of thiazole rings is 1. The molecule has 1 aromatic rings. The van der Waals surface area contributed by atoms with Crippen molar-refractivity contribution < 1.29 is 14.7 Å². The average Bonchev–Trinajstić information content (AvgIpc) is 2.94. The highest BCUT2D eigenvalue weighted by Gasteiger charge is 2.18. The van der Waals surface area contributed by atoms with Gasteiger partial charge in [0.25, 0.3) is 0 Å². The lowest BCUT2D eigenvalue weighted by atomic mass is 10.2. The Morgan fingerprint density at radius 1 is 1.48 bits per heavy atom. The summed E-state index contributed by atoms with van der Waals surface area (Å²) in [5.74, 6) is -1.05. The van der Waals surface area contributed by atoms with Gasteiger partial charge < -0.3 is 15.3 Å². The second-order valence-electron chi connectivity index (χ2n) is 4.89. The molecule has 1 atom stereocenters. The van der Waals surface area contributed by atoms with Crippen LogP contribution in [0.1, 0.15) is 55.5 Å². The van der Waals surface area contributed by atoms with Gasteiger partial charge in [-0.25, -0.2) is 14.6 Å². The van der Waals surface area contributed by atoms with Gasteiger partial charge in [0.15, 0.2) is 5.69 Å². The van der Waals surface area contributed by atoms with Crippen molar-refractivity contribution >= 4 is 23.3 Å². The fraction of sp³-hybridized carbons (Fsp3) is 0.643. The minimum atomic E-state index is -1.05. The Morgan fingerprint density at radius 2 is 2.19 bits per heavy atom. The minimum absolute atomic E-state index is 0.0222. The van der Waals surface area contributed by atoms with Gasteiger partial charge in [-0.05, 0) is 19.8 Å². The molecule has 2 amide bonds. The molecule has 1 rings (SSSR count). The van der Waals surface area contributed by atoms with Crippen LogP contribution < -0.4 is 5.32 Å². The number of hydrogen-bond donors (Lipinski definition) is 2. The Balaban J connectivity index is 2.57. The summed E-state index contributed by atoms with van der Waals surface area (Å²) in [7, 11) is 0. The number of carboxylic acid groups (broad SMARTS) is 1. The van der Waals surface area contributed by atoms with E-state index in [0.29, 0.717) is 5.01 Å². The monoisotopic (exact) mass is 313 g/mol. The van der Waals surface area contributed by atoms with Crippen LogP contribution in [0, 0.1) is 0 Å². The molecule has 2 N–H and O–H groups in total. The van der Waals surface area contributed by atoms with E-state index < -0.39 is 5.97 Å². The quantitative estimate of drug-likeness (QED) is 0.773. The maximum Gasteiger partial charge on any atom is 0.355 e. The van der Waals surface area contributed by atoms with Crippen molar-refractivity contribution in [1.29, 1.82) is 0 Å². The summed E-state index contributed by atoms with van der Waals surface area (Å²) in [4.78, 5) is 28.8. The molecular weight excluding hydrogens is 290 g/mol. The number of aromatic nitrogens is 1. The molecule has 118 valence electrons. The van der Waals surface area contributed by atoms with Crippen LogP contribution in [-0.4, -0.2) is 39.6 Å². The summed E-state index contributed by atoms with van der Waals surface area (Å²) in [5, 5.41) is 13.7. The molecule has 0 fully saturated rings. The number of carbonyl (C=O) groups is 2. The van der Waals surface area contributed by atoms with Crippen LogP contribution in [0.5, 0.6) is 0 Å². The molecule has 21 heavy (non-hydrogen) atoms. The zero-order valence-electron chi connectivity index (χ0n) is 12.8. The van der Waals surface area contributed by atoms with E-state index in [2.05, 4.69) is 24.1 Å². The number of unbranched alkanes of at least 4 members (excludes halogenated alkanes) is 1. The molecule has 0 aliphatic heterocycles. The first-order valence-electron chi connectivity index (χ1n) is 7.21. The van der Waals surface area contributed by atoms with Gasteiger partial charge in [-0.15, -0.1) is 11.3 Å². The van der Waals surface area contributed by atoms with Crippen molar-refractivity contribution in [3.05, 3.63) is 16.1 Å². The molecule has 1 aromatic heterocycles. The molecule has 0 spiro atoms. The highest BCUT2D eigenvalue weighted by Crippen LogP contribution is 2.11. The minimum Gasteiger partial charge on any atom is -0.476 e. The Bertz CT molecular complexity index is 476. The van der Waals surface area contributed by atoms with Crippen LogP contribution in [0.2, 0.25) is 0 Å². The zero-order valence-corrected chi connectivity index (χ0v) is 13.6. The number of nitrogens with one attached hydrogen (secondary N) is 1. The van der Waals surface area contributed by atoms with Crippen LogP contribution in [0.25, 0.3) is 0 Å². The Labute approximate surface area is 129 Å². The van der Waals surface area contributed by atoms with Crippen molar-refractivity contribution in [2.75, 3.05) is 6.54 Å². The van der Waals surface area contributed by atoms with E-state index >= 15 is 0 Å². The molecule has 7 heteroatoms. The van der Waals surface area contributed by atoms with Crippen molar-refractivity contribution in [1.82, 2.24) is 15.2 Å². The van der Waals surface area contributed by atoms with Crippen molar-refractivity contribution in [2.24, 2.45) is 0 Å². The predicted octanol–water partition coefficient (Wildman–Crippen LogP) is 2.95. The second kappa shape index (κ2) is 8.61. The molecule has 1 heterocycles. The van der Waals surface area contributed by atoms with Crippen LogP contribution in [-0.2, 0) is 6.54 Å². The Morgan fingerprint density at radius 3 is 2.71 bits per heavy atom. The molecule has 0 saturated heterocycles. The van der Waals surface area contributed by atoms with Gasteiger partial charge in [0, 0.05) is 18.0 Å². The molecule has 0 aromatic carbocycles. The molecule has 0 saturated carbocycles. The van der Waals surface area contributed by atoms with Crippen LogP contribution in [0.15, 0.2) is 5.38 Å². The SMILES string of the molecule is CCCCN(C(=O)NCc1nc(C(=O)O)cs1)C(C)CC. The molecule has 0 aliphatic carbocycles. The number of carbonyl (C=O) groups excluding carboxylic acids is 1. The topological polar surface area (TPSA) is 82.5 Å². The first kappa shape index (κ1) is 17.4. The van der Waals surface area contributed by atoms with E-state index in [1.54, 1.807) is 0 Å². The Kier molecular flexibility index (Phi) is 7.14. The van der Waals surface area contributed by atoms with Gasteiger partial charge in [-0.3, -0.25) is 0 Å². The van der Waals surface area contributed by atoms with Gasteiger partial charge in [0.2, 0.25) is 0 Å². The molecular formula is C14H23N3O3S. The Hall–Kier alpha value is -1.63. The van der Waals surface area contributed by atoms with Gasteiger partial charge >= 0.3 is 12.0 Å².